The lowest BCUT2D eigenvalue weighted by Gasteiger charge is -2.12. The van der Waals surface area contributed by atoms with E-state index >= 15 is 0 Å². The minimum Gasteiger partial charge on any atom is -0.405 e. The van der Waals surface area contributed by atoms with E-state index in [2.05, 4.69) is 9.72 Å². The van der Waals surface area contributed by atoms with Crippen LogP contribution < -0.4 is 10.3 Å². The third-order valence-corrected chi connectivity index (χ3v) is 1.99. The predicted molar refractivity (Wildman–Crippen MR) is 48.0 cm³/mol. The molecule has 1 N–H and O–H groups in total. The maximum atomic E-state index is 11.9. The van der Waals surface area contributed by atoms with E-state index in [1.165, 1.54) is 6.92 Å². The van der Waals surface area contributed by atoms with Gasteiger partial charge in [-0.2, -0.15) is 0 Å². The van der Waals surface area contributed by atoms with Crippen LogP contribution in [0.15, 0.2) is 10.9 Å². The molecular formula is C8H7ClF3NO2. The molecule has 15 heavy (non-hydrogen) atoms. The number of pyridine rings is 1. The number of ether oxygens (including phenoxy) is 1. The van der Waals surface area contributed by atoms with Gasteiger partial charge in [0, 0.05) is 17.3 Å². The van der Waals surface area contributed by atoms with Gasteiger partial charge in [-0.05, 0) is 6.92 Å². The Hall–Kier alpha value is -1.17. The van der Waals surface area contributed by atoms with Crippen molar-refractivity contribution >= 4 is 11.6 Å². The number of halogens is 4. The number of H-pyrrole nitrogens is 1. The number of hydrogen-bond donors (Lipinski definition) is 1. The second kappa shape index (κ2) is 4.14. The molecule has 0 fully saturated rings. The molecule has 0 bridgehead atoms. The maximum absolute atomic E-state index is 11.9. The minimum atomic E-state index is -4.82. The normalized spacial score (nSPS) is 11.5. The number of hydrogen-bond acceptors (Lipinski definition) is 2. The molecule has 7 heteroatoms. The smallest absolute Gasteiger partial charge is 0.405 e. The van der Waals surface area contributed by atoms with Crippen LogP contribution in [-0.2, 0) is 5.88 Å². The van der Waals surface area contributed by atoms with Crippen molar-refractivity contribution in [1.29, 1.82) is 0 Å². The van der Waals surface area contributed by atoms with Gasteiger partial charge in [0.1, 0.15) is 5.75 Å². The van der Waals surface area contributed by atoms with Crippen LogP contribution in [0.3, 0.4) is 0 Å². The minimum absolute atomic E-state index is 0.0872. The van der Waals surface area contributed by atoms with Gasteiger partial charge < -0.3 is 9.72 Å². The van der Waals surface area contributed by atoms with Crippen LogP contribution in [0.5, 0.6) is 5.75 Å². The first-order chi connectivity index (χ1) is 6.83. The molecule has 1 aromatic rings. The molecule has 0 saturated carbocycles. The van der Waals surface area contributed by atoms with Crippen LogP contribution in [0.1, 0.15) is 11.3 Å². The molecule has 0 saturated heterocycles. The first kappa shape index (κ1) is 11.9. The highest BCUT2D eigenvalue weighted by Gasteiger charge is 2.32. The number of rotatable bonds is 2. The molecule has 0 aliphatic carbocycles. The highest BCUT2D eigenvalue weighted by atomic mass is 35.5. The fourth-order valence-corrected chi connectivity index (χ4v) is 1.29. The zero-order valence-electron chi connectivity index (χ0n) is 7.61. The molecule has 0 aliphatic rings. The van der Waals surface area contributed by atoms with Crippen molar-refractivity contribution in [1.82, 2.24) is 4.98 Å². The molecule has 0 spiro atoms. The lowest BCUT2D eigenvalue weighted by atomic mass is 10.2. The van der Waals surface area contributed by atoms with Crippen molar-refractivity contribution < 1.29 is 17.9 Å². The summed E-state index contributed by atoms with van der Waals surface area (Å²) < 4.78 is 39.4. The molecule has 0 aliphatic heterocycles. The Kier molecular flexibility index (Phi) is 3.28. The average Bonchev–Trinajstić information content (AvgIpc) is 2.08. The van der Waals surface area contributed by atoms with Gasteiger partial charge in [-0.15, -0.1) is 24.8 Å². The van der Waals surface area contributed by atoms with E-state index in [9.17, 15) is 18.0 Å². The van der Waals surface area contributed by atoms with Crippen molar-refractivity contribution in [3.05, 3.63) is 27.7 Å². The third-order valence-electron chi connectivity index (χ3n) is 1.72. The Bertz CT molecular complexity index is 413. The summed E-state index contributed by atoms with van der Waals surface area (Å²) in [5, 5.41) is 0. The third kappa shape index (κ3) is 3.16. The molecule has 1 heterocycles. The van der Waals surface area contributed by atoms with E-state index in [1.54, 1.807) is 0 Å². The van der Waals surface area contributed by atoms with Crippen molar-refractivity contribution in [2.75, 3.05) is 0 Å². The second-order valence-electron chi connectivity index (χ2n) is 2.78. The first-order valence-electron chi connectivity index (χ1n) is 3.88. The summed E-state index contributed by atoms with van der Waals surface area (Å²) in [6, 6.07) is 0.735. The molecular weight excluding hydrogens is 235 g/mol. The summed E-state index contributed by atoms with van der Waals surface area (Å²) in [5.74, 6) is -0.613. The Morgan fingerprint density at radius 3 is 2.60 bits per heavy atom. The van der Waals surface area contributed by atoms with Gasteiger partial charge in [-0.3, -0.25) is 4.79 Å². The number of aromatic amines is 1. The van der Waals surface area contributed by atoms with Gasteiger partial charge in [-0.25, -0.2) is 0 Å². The zero-order chi connectivity index (χ0) is 11.6. The Morgan fingerprint density at radius 2 is 2.13 bits per heavy atom. The summed E-state index contributed by atoms with van der Waals surface area (Å²) in [7, 11) is 0. The Labute approximate surface area is 87.8 Å². The van der Waals surface area contributed by atoms with Crippen LogP contribution in [-0.4, -0.2) is 11.3 Å². The monoisotopic (exact) mass is 241 g/mol. The molecule has 0 unspecified atom stereocenters. The summed E-state index contributed by atoms with van der Waals surface area (Å²) in [6.45, 7) is 1.38. The van der Waals surface area contributed by atoms with Crippen molar-refractivity contribution in [2.24, 2.45) is 0 Å². The molecule has 1 rings (SSSR count). The molecule has 1 aromatic heterocycles. The molecule has 0 atom stereocenters. The second-order valence-corrected chi connectivity index (χ2v) is 3.05. The number of nitrogens with one attached hydrogen (secondary N) is 1. The van der Waals surface area contributed by atoms with E-state index in [1.807, 2.05) is 0 Å². The molecule has 3 nitrogen and oxygen atoms in total. The Morgan fingerprint density at radius 1 is 1.53 bits per heavy atom. The quantitative estimate of drug-likeness (QED) is 0.808. The van der Waals surface area contributed by atoms with E-state index in [4.69, 9.17) is 11.6 Å². The highest BCUT2D eigenvalue weighted by Crippen LogP contribution is 2.26. The average molecular weight is 242 g/mol. The fourth-order valence-electron chi connectivity index (χ4n) is 1.02. The van der Waals surface area contributed by atoms with E-state index in [0.29, 0.717) is 0 Å². The van der Waals surface area contributed by atoms with Gasteiger partial charge in [0.2, 0.25) is 0 Å². The van der Waals surface area contributed by atoms with Crippen LogP contribution in [0.25, 0.3) is 0 Å². The molecule has 0 amide bonds. The van der Waals surface area contributed by atoms with Crippen molar-refractivity contribution in [3.63, 3.8) is 0 Å². The van der Waals surface area contributed by atoms with Crippen molar-refractivity contribution in [2.45, 2.75) is 19.2 Å². The van der Waals surface area contributed by atoms with E-state index in [-0.39, 0.29) is 17.1 Å². The summed E-state index contributed by atoms with van der Waals surface area (Å²) in [4.78, 5) is 13.3. The first-order valence-corrected chi connectivity index (χ1v) is 4.41. The largest absolute Gasteiger partial charge is 0.573 e. The number of aromatic nitrogens is 1. The predicted octanol–water partition coefficient (Wildman–Crippen LogP) is 2.32. The van der Waals surface area contributed by atoms with Gasteiger partial charge in [0.15, 0.2) is 0 Å². The maximum Gasteiger partial charge on any atom is 0.573 e. The molecule has 0 aromatic carbocycles. The van der Waals surface area contributed by atoms with Crippen LogP contribution in [0.4, 0.5) is 13.2 Å². The van der Waals surface area contributed by atoms with E-state index in [0.717, 1.165) is 6.07 Å². The van der Waals surface area contributed by atoms with Crippen molar-refractivity contribution in [3.8, 4) is 5.75 Å². The van der Waals surface area contributed by atoms with Crippen LogP contribution >= 0.6 is 11.6 Å². The van der Waals surface area contributed by atoms with Crippen LogP contribution in [0.2, 0.25) is 0 Å². The molecule has 84 valence electrons. The van der Waals surface area contributed by atoms with Gasteiger partial charge in [0.25, 0.3) is 5.56 Å². The summed E-state index contributed by atoms with van der Waals surface area (Å²) >= 11 is 5.44. The SMILES string of the molecule is Cc1c(OC(F)(F)F)cc(=O)[nH]c1CCl. The van der Waals surface area contributed by atoms with E-state index < -0.39 is 17.7 Å². The van der Waals surface area contributed by atoms with Crippen LogP contribution in [0, 0.1) is 6.92 Å². The summed E-state index contributed by atoms with van der Waals surface area (Å²) in [5.41, 5.74) is -0.305. The lowest BCUT2D eigenvalue weighted by molar-refractivity contribution is -0.274. The summed E-state index contributed by atoms with van der Waals surface area (Å²) in [6.07, 6.45) is -4.82. The lowest BCUT2D eigenvalue weighted by Crippen LogP contribution is -2.20. The van der Waals surface area contributed by atoms with Gasteiger partial charge >= 0.3 is 6.36 Å². The zero-order valence-corrected chi connectivity index (χ0v) is 8.37. The number of alkyl halides is 4. The van der Waals surface area contributed by atoms with Gasteiger partial charge in [-0.1, -0.05) is 0 Å². The molecule has 0 radical (unpaired) electrons. The standard InChI is InChI=1S/C8H7ClF3NO2/c1-4-5(3-9)13-7(14)2-6(4)15-8(10,11)12/h2H,3H2,1H3,(H,13,14). The Balaban J connectivity index is 3.18. The highest BCUT2D eigenvalue weighted by molar-refractivity contribution is 6.17. The van der Waals surface area contributed by atoms with Gasteiger partial charge in [0.05, 0.1) is 5.88 Å². The fraction of sp³-hybridized carbons (Fsp3) is 0.375. The topological polar surface area (TPSA) is 42.1 Å².